The highest BCUT2D eigenvalue weighted by Gasteiger charge is 2.39. The van der Waals surface area contributed by atoms with E-state index in [0.29, 0.717) is 18.6 Å². The topological polar surface area (TPSA) is 92.5 Å². The van der Waals surface area contributed by atoms with E-state index in [1.807, 2.05) is 0 Å². The Balaban J connectivity index is 1.84. The number of nitrogens with one attached hydrogen (secondary N) is 1. The van der Waals surface area contributed by atoms with Crippen molar-refractivity contribution in [3.63, 3.8) is 0 Å². The summed E-state index contributed by atoms with van der Waals surface area (Å²) in [5.41, 5.74) is 0. The summed E-state index contributed by atoms with van der Waals surface area (Å²) in [5.74, 6) is 0.345. The normalized spacial score (nSPS) is 18.4. The average Bonchev–Trinajstić information content (AvgIpc) is 3.19. The minimum absolute atomic E-state index is 0.00104. The van der Waals surface area contributed by atoms with E-state index in [0.717, 1.165) is 0 Å². The van der Waals surface area contributed by atoms with Gasteiger partial charge in [0.1, 0.15) is 11.8 Å². The SMILES string of the molecule is Cc1cc(NC(=O)C2CCCN2S(=O)(=O)c2ccc(Cl)c(Cl)c2)no1. The van der Waals surface area contributed by atoms with Crippen LogP contribution in [-0.2, 0) is 14.8 Å². The van der Waals surface area contributed by atoms with Crippen LogP contribution in [0.25, 0.3) is 0 Å². The van der Waals surface area contributed by atoms with Crippen molar-refractivity contribution < 1.29 is 17.7 Å². The van der Waals surface area contributed by atoms with Gasteiger partial charge in [-0.3, -0.25) is 4.79 Å². The van der Waals surface area contributed by atoms with Gasteiger partial charge in [-0.1, -0.05) is 28.4 Å². The second-order valence-electron chi connectivity index (χ2n) is 5.66. The lowest BCUT2D eigenvalue weighted by atomic mass is 10.2. The number of halogens is 2. The summed E-state index contributed by atoms with van der Waals surface area (Å²) in [7, 11) is -3.87. The van der Waals surface area contributed by atoms with E-state index in [9.17, 15) is 13.2 Å². The number of benzene rings is 1. The highest BCUT2D eigenvalue weighted by molar-refractivity contribution is 7.89. The first-order valence-corrected chi connectivity index (χ1v) is 9.70. The molecule has 1 aliphatic rings. The number of rotatable bonds is 4. The van der Waals surface area contributed by atoms with Crippen LogP contribution in [-0.4, -0.2) is 36.4 Å². The number of hydrogen-bond donors (Lipinski definition) is 1. The molecule has 25 heavy (non-hydrogen) atoms. The van der Waals surface area contributed by atoms with Crippen molar-refractivity contribution >= 4 is 45.0 Å². The van der Waals surface area contributed by atoms with Crippen LogP contribution in [0.1, 0.15) is 18.6 Å². The lowest BCUT2D eigenvalue weighted by molar-refractivity contribution is -0.119. The summed E-state index contributed by atoms with van der Waals surface area (Å²) in [4.78, 5) is 12.5. The number of hydrogen-bond acceptors (Lipinski definition) is 5. The Hall–Kier alpha value is -1.61. The molecule has 1 atom stereocenters. The van der Waals surface area contributed by atoms with Crippen molar-refractivity contribution in [2.45, 2.75) is 30.7 Å². The molecule has 10 heteroatoms. The summed E-state index contributed by atoms with van der Waals surface area (Å²) < 4.78 is 31.8. The molecular weight excluding hydrogens is 389 g/mol. The van der Waals surface area contributed by atoms with E-state index in [-0.39, 0.29) is 27.3 Å². The van der Waals surface area contributed by atoms with E-state index in [2.05, 4.69) is 10.5 Å². The van der Waals surface area contributed by atoms with Gasteiger partial charge in [0.05, 0.1) is 14.9 Å². The molecule has 3 rings (SSSR count). The molecule has 0 aliphatic carbocycles. The molecular formula is C15H15Cl2N3O4S. The number of aromatic nitrogens is 1. The van der Waals surface area contributed by atoms with Crippen molar-refractivity contribution in [2.75, 3.05) is 11.9 Å². The van der Waals surface area contributed by atoms with Gasteiger partial charge in [0, 0.05) is 12.6 Å². The maximum atomic E-state index is 12.9. The van der Waals surface area contributed by atoms with E-state index in [4.69, 9.17) is 27.7 Å². The lowest BCUT2D eigenvalue weighted by Crippen LogP contribution is -2.43. The van der Waals surface area contributed by atoms with Crippen molar-refractivity contribution in [1.29, 1.82) is 0 Å². The molecule has 1 amide bonds. The van der Waals surface area contributed by atoms with Crippen LogP contribution in [0.5, 0.6) is 0 Å². The van der Waals surface area contributed by atoms with E-state index < -0.39 is 22.0 Å². The van der Waals surface area contributed by atoms with Gasteiger partial charge in [0.25, 0.3) is 0 Å². The fourth-order valence-corrected chi connectivity index (χ4v) is 4.74. The molecule has 2 aromatic rings. The van der Waals surface area contributed by atoms with Gasteiger partial charge >= 0.3 is 0 Å². The Morgan fingerprint density at radius 3 is 2.72 bits per heavy atom. The fraction of sp³-hybridized carbons (Fsp3) is 0.333. The third kappa shape index (κ3) is 3.67. The minimum atomic E-state index is -3.87. The number of nitrogens with zero attached hydrogens (tertiary/aromatic N) is 2. The molecule has 2 heterocycles. The number of aryl methyl sites for hydroxylation is 1. The number of carbonyl (C=O) groups is 1. The molecule has 134 valence electrons. The number of anilines is 1. The van der Waals surface area contributed by atoms with Gasteiger partial charge in [-0.25, -0.2) is 8.42 Å². The molecule has 1 N–H and O–H groups in total. The highest BCUT2D eigenvalue weighted by atomic mass is 35.5. The smallest absolute Gasteiger partial charge is 0.244 e. The van der Waals surface area contributed by atoms with E-state index in [1.54, 1.807) is 13.0 Å². The van der Waals surface area contributed by atoms with E-state index >= 15 is 0 Å². The highest BCUT2D eigenvalue weighted by Crippen LogP contribution is 2.30. The maximum absolute atomic E-state index is 12.9. The zero-order chi connectivity index (χ0) is 18.2. The summed E-state index contributed by atoms with van der Waals surface area (Å²) >= 11 is 11.8. The Labute approximate surface area is 154 Å². The first kappa shape index (κ1) is 18.2. The Morgan fingerprint density at radius 1 is 1.32 bits per heavy atom. The van der Waals surface area contributed by atoms with Crippen LogP contribution in [0.4, 0.5) is 5.82 Å². The van der Waals surface area contributed by atoms with Crippen molar-refractivity contribution in [3.8, 4) is 0 Å². The largest absolute Gasteiger partial charge is 0.360 e. The first-order valence-electron chi connectivity index (χ1n) is 7.50. The minimum Gasteiger partial charge on any atom is -0.360 e. The standard InChI is InChI=1S/C15H15Cl2N3O4S/c1-9-7-14(19-24-9)18-15(21)13-3-2-6-20(13)25(22,23)10-4-5-11(16)12(17)8-10/h4-5,7-8,13H,2-3,6H2,1H3,(H,18,19,21). The number of sulfonamides is 1. The van der Waals surface area contributed by atoms with Gasteiger partial charge in [0.15, 0.2) is 5.82 Å². The number of carbonyl (C=O) groups excluding carboxylic acids is 1. The summed E-state index contributed by atoms with van der Waals surface area (Å²) in [5, 5.41) is 6.67. The predicted molar refractivity (Wildman–Crippen MR) is 93.2 cm³/mol. The van der Waals surface area contributed by atoms with Gasteiger partial charge in [-0.2, -0.15) is 4.31 Å². The molecule has 1 fully saturated rings. The first-order chi connectivity index (χ1) is 11.8. The van der Waals surface area contributed by atoms with Crippen LogP contribution in [0.3, 0.4) is 0 Å². The molecule has 1 saturated heterocycles. The van der Waals surface area contributed by atoms with Gasteiger partial charge in [0.2, 0.25) is 15.9 Å². The maximum Gasteiger partial charge on any atom is 0.244 e. The third-order valence-electron chi connectivity index (χ3n) is 3.88. The Bertz CT molecular complexity index is 913. The lowest BCUT2D eigenvalue weighted by Gasteiger charge is -2.23. The second kappa shape index (κ2) is 6.95. The predicted octanol–water partition coefficient (Wildman–Crippen LogP) is 3.08. The zero-order valence-electron chi connectivity index (χ0n) is 13.2. The molecule has 1 aromatic heterocycles. The average molecular weight is 404 g/mol. The molecule has 7 nitrogen and oxygen atoms in total. The number of amides is 1. The molecule has 0 saturated carbocycles. The van der Waals surface area contributed by atoms with Crippen LogP contribution in [0.2, 0.25) is 10.0 Å². The molecule has 1 aromatic carbocycles. The van der Waals surface area contributed by atoms with Crippen molar-refractivity contribution in [2.24, 2.45) is 0 Å². The molecule has 0 bridgehead atoms. The molecule has 0 spiro atoms. The van der Waals surface area contributed by atoms with Gasteiger partial charge in [-0.05, 0) is 38.0 Å². The third-order valence-corrected chi connectivity index (χ3v) is 6.53. The van der Waals surface area contributed by atoms with Gasteiger partial charge < -0.3 is 9.84 Å². The molecule has 0 radical (unpaired) electrons. The fourth-order valence-electron chi connectivity index (χ4n) is 2.70. The monoisotopic (exact) mass is 403 g/mol. The Kier molecular flexibility index (Phi) is 5.06. The van der Waals surface area contributed by atoms with Crippen molar-refractivity contribution in [3.05, 3.63) is 40.1 Å². The van der Waals surface area contributed by atoms with Crippen molar-refractivity contribution in [1.82, 2.24) is 9.46 Å². The second-order valence-corrected chi connectivity index (χ2v) is 8.37. The van der Waals surface area contributed by atoms with Crippen LogP contribution in [0, 0.1) is 6.92 Å². The zero-order valence-corrected chi connectivity index (χ0v) is 15.5. The van der Waals surface area contributed by atoms with Crippen LogP contribution >= 0.6 is 23.2 Å². The summed E-state index contributed by atoms with van der Waals surface area (Å²) in [6.07, 6.45) is 1.000. The molecule has 1 aliphatic heterocycles. The van der Waals surface area contributed by atoms with Crippen LogP contribution in [0.15, 0.2) is 33.7 Å². The quantitative estimate of drug-likeness (QED) is 0.846. The van der Waals surface area contributed by atoms with Crippen LogP contribution < -0.4 is 5.32 Å². The van der Waals surface area contributed by atoms with Gasteiger partial charge in [-0.15, -0.1) is 0 Å². The van der Waals surface area contributed by atoms with E-state index in [1.165, 1.54) is 22.5 Å². The summed E-state index contributed by atoms with van der Waals surface area (Å²) in [6, 6.07) is 4.81. The molecule has 1 unspecified atom stereocenters. The Morgan fingerprint density at radius 2 is 2.08 bits per heavy atom. The summed E-state index contributed by atoms with van der Waals surface area (Å²) in [6.45, 7) is 1.94.